The van der Waals surface area contributed by atoms with E-state index in [0.717, 1.165) is 41.2 Å². The van der Waals surface area contributed by atoms with Crippen LogP contribution in [0.25, 0.3) is 5.69 Å². The number of hydrogen-bond donors (Lipinski definition) is 0. The first kappa shape index (κ1) is 29.8. The molecule has 1 aliphatic heterocycles. The van der Waals surface area contributed by atoms with Crippen molar-refractivity contribution in [3.8, 4) is 22.9 Å². The van der Waals surface area contributed by atoms with Gasteiger partial charge >= 0.3 is 0 Å². The number of amides is 2. The van der Waals surface area contributed by atoms with Crippen LogP contribution in [0.4, 0.5) is 5.69 Å². The van der Waals surface area contributed by atoms with E-state index in [4.69, 9.17) is 14.2 Å². The first-order chi connectivity index (χ1) is 20.9. The molecule has 1 aromatic heterocycles. The summed E-state index contributed by atoms with van der Waals surface area (Å²) < 4.78 is 19.2. The van der Waals surface area contributed by atoms with Crippen LogP contribution < -0.4 is 19.1 Å². The minimum Gasteiger partial charge on any atom is -0.497 e. The molecular weight excluding hydrogens is 542 g/mol. The van der Waals surface area contributed by atoms with Gasteiger partial charge in [-0.25, -0.2) is 0 Å². The fraction of sp³-hybridized carbons (Fsp3) is 0.314. The lowest BCUT2D eigenvalue weighted by molar-refractivity contribution is -0.120. The lowest BCUT2D eigenvalue weighted by Crippen LogP contribution is -2.48. The Labute approximate surface area is 253 Å². The van der Waals surface area contributed by atoms with E-state index >= 15 is 0 Å². The van der Waals surface area contributed by atoms with Crippen molar-refractivity contribution >= 4 is 17.5 Å². The summed E-state index contributed by atoms with van der Waals surface area (Å²) in [4.78, 5) is 31.7. The second-order valence-corrected chi connectivity index (χ2v) is 10.8. The van der Waals surface area contributed by atoms with Gasteiger partial charge < -0.3 is 23.7 Å². The van der Waals surface area contributed by atoms with Crippen molar-refractivity contribution in [3.05, 3.63) is 102 Å². The van der Waals surface area contributed by atoms with E-state index in [1.54, 1.807) is 36.2 Å². The lowest BCUT2D eigenvalue weighted by Gasteiger charge is -2.40. The predicted octanol–water partition coefficient (Wildman–Crippen LogP) is 6.66. The number of carbonyl (C=O) groups excluding carboxylic acids is 2. The van der Waals surface area contributed by atoms with Crippen LogP contribution in [0.2, 0.25) is 0 Å². The lowest BCUT2D eigenvalue weighted by atomic mass is 9.96. The van der Waals surface area contributed by atoms with Crippen molar-refractivity contribution in [2.75, 3.05) is 32.3 Å². The Morgan fingerprint density at radius 3 is 2.28 bits per heavy atom. The van der Waals surface area contributed by atoms with Crippen molar-refractivity contribution in [3.63, 3.8) is 0 Å². The molecule has 8 heteroatoms. The Morgan fingerprint density at radius 1 is 0.884 bits per heavy atom. The van der Waals surface area contributed by atoms with E-state index in [1.807, 2.05) is 86.8 Å². The van der Waals surface area contributed by atoms with E-state index in [0.29, 0.717) is 23.7 Å². The molecule has 2 heterocycles. The zero-order valence-electron chi connectivity index (χ0n) is 25.4. The van der Waals surface area contributed by atoms with Crippen LogP contribution in [0.5, 0.6) is 17.2 Å². The molecule has 4 aromatic rings. The van der Waals surface area contributed by atoms with Gasteiger partial charge in [-0.2, -0.15) is 0 Å². The molecule has 2 amide bonds. The van der Waals surface area contributed by atoms with Gasteiger partial charge in [0, 0.05) is 23.4 Å². The monoisotopic (exact) mass is 581 g/mol. The highest BCUT2D eigenvalue weighted by Crippen LogP contribution is 2.45. The summed E-state index contributed by atoms with van der Waals surface area (Å²) >= 11 is 0. The average molecular weight is 582 g/mol. The molecule has 8 nitrogen and oxygen atoms in total. The van der Waals surface area contributed by atoms with Crippen molar-refractivity contribution in [2.45, 2.75) is 45.7 Å². The maximum Gasteiger partial charge on any atom is 0.254 e. The number of anilines is 1. The Kier molecular flexibility index (Phi) is 9.04. The predicted molar refractivity (Wildman–Crippen MR) is 168 cm³/mol. The minimum atomic E-state index is -0.522. The Balaban J connectivity index is 1.52. The van der Waals surface area contributed by atoms with Crippen LogP contribution >= 0.6 is 0 Å². The second kappa shape index (κ2) is 13.1. The maximum atomic E-state index is 14.5. The largest absolute Gasteiger partial charge is 0.497 e. The number of hydrogen-bond acceptors (Lipinski definition) is 5. The molecule has 224 valence electrons. The van der Waals surface area contributed by atoms with Gasteiger partial charge in [0.05, 0.1) is 37.9 Å². The highest BCUT2D eigenvalue weighted by atomic mass is 16.5. The Bertz CT molecular complexity index is 1580. The van der Waals surface area contributed by atoms with Gasteiger partial charge in [0.1, 0.15) is 29.8 Å². The average Bonchev–Trinajstić information content (AvgIpc) is 3.53. The minimum absolute atomic E-state index is 0.108. The maximum absolute atomic E-state index is 14.5. The molecule has 0 N–H and O–H groups in total. The molecule has 5 rings (SSSR count). The van der Waals surface area contributed by atoms with Crippen LogP contribution in [0, 0.1) is 0 Å². The number of carbonyl (C=O) groups is 2. The summed E-state index contributed by atoms with van der Waals surface area (Å²) in [6.45, 7) is 6.48. The van der Waals surface area contributed by atoms with Crippen molar-refractivity contribution in [2.24, 2.45) is 0 Å². The van der Waals surface area contributed by atoms with Gasteiger partial charge in [-0.05, 0) is 87.0 Å². The number of ether oxygens (including phenoxy) is 3. The molecule has 1 unspecified atom stereocenters. The molecule has 3 aromatic carbocycles. The second-order valence-electron chi connectivity index (χ2n) is 10.8. The third-order valence-electron chi connectivity index (χ3n) is 7.78. The van der Waals surface area contributed by atoms with Crippen molar-refractivity contribution < 1.29 is 23.8 Å². The third-order valence-corrected chi connectivity index (χ3v) is 7.78. The van der Waals surface area contributed by atoms with Gasteiger partial charge in [0.25, 0.3) is 5.91 Å². The highest BCUT2D eigenvalue weighted by molar-refractivity contribution is 6.03. The Morgan fingerprint density at radius 2 is 1.60 bits per heavy atom. The van der Waals surface area contributed by atoms with Gasteiger partial charge in [0.2, 0.25) is 5.91 Å². The van der Waals surface area contributed by atoms with Gasteiger partial charge in [-0.15, -0.1) is 0 Å². The fourth-order valence-corrected chi connectivity index (χ4v) is 5.51. The quantitative estimate of drug-likeness (QED) is 0.185. The summed E-state index contributed by atoms with van der Waals surface area (Å²) in [5, 5.41) is 0. The van der Waals surface area contributed by atoms with Crippen molar-refractivity contribution in [1.29, 1.82) is 0 Å². The number of fused-ring (bicyclic) bond motifs is 3. The third kappa shape index (κ3) is 5.95. The SMILES string of the molecule is CCCCOc1ccc(C(=O)N(CC(=O)N2c3ccccc3-n3cccc3C2c2cc(OC)ccc2OC)C(C)C)cc1. The van der Waals surface area contributed by atoms with Crippen LogP contribution in [0.3, 0.4) is 0 Å². The molecule has 0 saturated carbocycles. The van der Waals surface area contributed by atoms with Crippen LogP contribution in [0.15, 0.2) is 85.1 Å². The zero-order valence-corrected chi connectivity index (χ0v) is 25.4. The topological polar surface area (TPSA) is 73.2 Å². The van der Waals surface area contributed by atoms with Crippen LogP contribution in [-0.4, -0.2) is 54.7 Å². The number of unbranched alkanes of at least 4 members (excludes halogenated alkanes) is 1. The van der Waals surface area contributed by atoms with E-state index in [1.165, 1.54) is 0 Å². The highest BCUT2D eigenvalue weighted by Gasteiger charge is 2.39. The fourth-order valence-electron chi connectivity index (χ4n) is 5.51. The Hall–Kier alpha value is -4.72. The molecule has 0 saturated heterocycles. The van der Waals surface area contributed by atoms with E-state index < -0.39 is 6.04 Å². The molecule has 0 radical (unpaired) electrons. The summed E-state index contributed by atoms with van der Waals surface area (Å²) in [6.07, 6.45) is 4.01. The molecule has 1 atom stereocenters. The standard InChI is InChI=1S/C35H39N3O5/c1-6-7-21-43-26-16-14-25(15-17-26)35(40)37(24(2)3)23-33(39)38-30-12-9-8-11-29(30)36-20-10-13-31(36)34(38)28-22-27(41-4)18-19-32(28)42-5/h8-20,22,24,34H,6-7,21,23H2,1-5H3. The van der Waals surface area contributed by atoms with Gasteiger partial charge in [0.15, 0.2) is 0 Å². The normalized spacial score (nSPS) is 13.7. The first-order valence-electron chi connectivity index (χ1n) is 14.7. The van der Waals surface area contributed by atoms with E-state index in [-0.39, 0.29) is 24.4 Å². The zero-order chi connectivity index (χ0) is 30.5. The van der Waals surface area contributed by atoms with Crippen LogP contribution in [-0.2, 0) is 4.79 Å². The summed E-state index contributed by atoms with van der Waals surface area (Å²) in [5.74, 6) is 1.58. The van der Waals surface area contributed by atoms with E-state index in [9.17, 15) is 9.59 Å². The summed E-state index contributed by atoms with van der Waals surface area (Å²) in [5.41, 5.74) is 3.82. The van der Waals surface area contributed by atoms with Gasteiger partial charge in [-0.1, -0.05) is 25.5 Å². The van der Waals surface area contributed by atoms with Crippen molar-refractivity contribution in [1.82, 2.24) is 9.47 Å². The molecule has 0 fully saturated rings. The number of aromatic nitrogens is 1. The molecule has 0 aliphatic carbocycles. The smallest absolute Gasteiger partial charge is 0.254 e. The van der Waals surface area contributed by atoms with Gasteiger partial charge in [-0.3, -0.25) is 14.5 Å². The molecule has 0 spiro atoms. The molecule has 43 heavy (non-hydrogen) atoms. The molecular formula is C35H39N3O5. The molecule has 1 aliphatic rings. The first-order valence-corrected chi connectivity index (χ1v) is 14.7. The number of nitrogens with zero attached hydrogens (tertiary/aromatic N) is 3. The summed E-state index contributed by atoms with van der Waals surface area (Å²) in [7, 11) is 3.23. The number of benzene rings is 3. The van der Waals surface area contributed by atoms with Crippen LogP contribution in [0.1, 0.15) is 61.3 Å². The number of methoxy groups -OCH3 is 2. The molecule has 0 bridgehead atoms. The van der Waals surface area contributed by atoms with E-state index in [2.05, 4.69) is 11.5 Å². The summed E-state index contributed by atoms with van der Waals surface area (Å²) in [6, 6.07) is 23.8. The number of rotatable bonds is 11. The number of para-hydroxylation sites is 2.